The van der Waals surface area contributed by atoms with E-state index in [0.717, 1.165) is 17.0 Å². The predicted molar refractivity (Wildman–Crippen MR) is 73.7 cm³/mol. The third-order valence-corrected chi connectivity index (χ3v) is 3.35. The van der Waals surface area contributed by atoms with E-state index in [1.54, 1.807) is 0 Å². The molecule has 1 heterocycles. The van der Waals surface area contributed by atoms with Gasteiger partial charge in [0.15, 0.2) is 0 Å². The molecule has 0 saturated heterocycles. The summed E-state index contributed by atoms with van der Waals surface area (Å²) in [5.41, 5.74) is 4.71. The van der Waals surface area contributed by atoms with Gasteiger partial charge in [-0.2, -0.15) is 0 Å². The van der Waals surface area contributed by atoms with Crippen molar-refractivity contribution in [3.8, 4) is 11.5 Å². The lowest BCUT2D eigenvalue weighted by Crippen LogP contribution is -2.42. The standard InChI is InChI=1S/C15H15BO2/c1-10-7-8-13-14(9-10)18-16(17-13)15-11(2)5-4-6-12(15)3/h4-9H,1-3H3. The van der Waals surface area contributed by atoms with E-state index in [1.165, 1.54) is 16.7 Å². The van der Waals surface area contributed by atoms with Crippen molar-refractivity contribution in [1.82, 2.24) is 0 Å². The Morgan fingerprint density at radius 3 is 2.22 bits per heavy atom. The van der Waals surface area contributed by atoms with Crippen molar-refractivity contribution in [2.45, 2.75) is 20.8 Å². The van der Waals surface area contributed by atoms with Gasteiger partial charge >= 0.3 is 7.12 Å². The van der Waals surface area contributed by atoms with Crippen LogP contribution in [-0.4, -0.2) is 7.12 Å². The van der Waals surface area contributed by atoms with Crippen LogP contribution in [0.25, 0.3) is 0 Å². The van der Waals surface area contributed by atoms with E-state index in [4.69, 9.17) is 9.31 Å². The van der Waals surface area contributed by atoms with Gasteiger partial charge in [-0.15, -0.1) is 0 Å². The lowest BCUT2D eigenvalue weighted by molar-refractivity contribution is 0.518. The van der Waals surface area contributed by atoms with Crippen LogP contribution in [0.15, 0.2) is 36.4 Å². The molecule has 0 N–H and O–H groups in total. The second-order valence-corrected chi connectivity index (χ2v) is 4.82. The summed E-state index contributed by atoms with van der Waals surface area (Å²) in [7, 11) is -0.317. The lowest BCUT2D eigenvalue weighted by Gasteiger charge is -2.11. The number of hydrogen-bond donors (Lipinski definition) is 0. The van der Waals surface area contributed by atoms with E-state index in [2.05, 4.69) is 39.0 Å². The highest BCUT2D eigenvalue weighted by Gasteiger charge is 2.36. The first-order chi connectivity index (χ1) is 8.65. The zero-order chi connectivity index (χ0) is 12.7. The summed E-state index contributed by atoms with van der Waals surface area (Å²) in [6.45, 7) is 6.22. The average Bonchev–Trinajstić information content (AvgIpc) is 2.71. The molecular formula is C15H15BO2. The number of rotatable bonds is 1. The molecule has 0 aromatic heterocycles. The molecule has 0 bridgehead atoms. The van der Waals surface area contributed by atoms with Crippen molar-refractivity contribution in [3.63, 3.8) is 0 Å². The normalized spacial score (nSPS) is 12.9. The van der Waals surface area contributed by atoms with Crippen LogP contribution in [0.5, 0.6) is 11.5 Å². The van der Waals surface area contributed by atoms with Gasteiger partial charge in [-0.1, -0.05) is 24.3 Å². The second-order valence-electron chi connectivity index (χ2n) is 4.82. The third-order valence-electron chi connectivity index (χ3n) is 3.35. The Morgan fingerprint density at radius 1 is 0.833 bits per heavy atom. The summed E-state index contributed by atoms with van der Waals surface area (Å²) in [4.78, 5) is 0. The van der Waals surface area contributed by atoms with E-state index in [-0.39, 0.29) is 7.12 Å². The number of aryl methyl sites for hydroxylation is 3. The molecule has 0 saturated carbocycles. The van der Waals surface area contributed by atoms with Crippen molar-refractivity contribution in [2.24, 2.45) is 0 Å². The molecule has 0 amide bonds. The molecule has 0 radical (unpaired) electrons. The Balaban J connectivity index is 1.99. The molecule has 2 aromatic carbocycles. The molecule has 2 nitrogen and oxygen atoms in total. The van der Waals surface area contributed by atoms with E-state index in [1.807, 2.05) is 18.2 Å². The molecule has 3 rings (SSSR count). The monoisotopic (exact) mass is 238 g/mol. The quantitative estimate of drug-likeness (QED) is 0.711. The highest BCUT2D eigenvalue weighted by molar-refractivity contribution is 6.64. The number of hydrogen-bond acceptors (Lipinski definition) is 2. The van der Waals surface area contributed by atoms with Gasteiger partial charge in [-0.3, -0.25) is 0 Å². The van der Waals surface area contributed by atoms with Crippen molar-refractivity contribution >= 4 is 12.6 Å². The molecule has 1 aliphatic heterocycles. The average molecular weight is 238 g/mol. The van der Waals surface area contributed by atoms with Crippen LogP contribution in [0.2, 0.25) is 0 Å². The van der Waals surface area contributed by atoms with Crippen molar-refractivity contribution in [3.05, 3.63) is 53.1 Å². The van der Waals surface area contributed by atoms with Crippen molar-refractivity contribution in [1.29, 1.82) is 0 Å². The first-order valence-electron chi connectivity index (χ1n) is 6.15. The Hall–Kier alpha value is -1.90. The maximum Gasteiger partial charge on any atom is 0.633 e. The summed E-state index contributed by atoms with van der Waals surface area (Å²) in [5.74, 6) is 1.66. The second kappa shape index (κ2) is 4.09. The molecule has 90 valence electrons. The Labute approximate surface area is 108 Å². The van der Waals surface area contributed by atoms with Crippen LogP contribution in [0.4, 0.5) is 0 Å². The maximum absolute atomic E-state index is 5.91. The van der Waals surface area contributed by atoms with Gasteiger partial charge in [0.2, 0.25) is 0 Å². The molecule has 0 atom stereocenters. The fraction of sp³-hybridized carbons (Fsp3) is 0.200. The Bertz CT molecular complexity index is 587. The highest BCUT2D eigenvalue weighted by atomic mass is 16.6. The van der Waals surface area contributed by atoms with Crippen LogP contribution in [-0.2, 0) is 0 Å². The lowest BCUT2D eigenvalue weighted by atomic mass is 9.74. The molecule has 2 aromatic rings. The summed E-state index contributed by atoms with van der Waals surface area (Å²) >= 11 is 0. The molecule has 1 aliphatic rings. The van der Waals surface area contributed by atoms with Crippen LogP contribution < -0.4 is 14.8 Å². The van der Waals surface area contributed by atoms with Gasteiger partial charge in [0.1, 0.15) is 11.5 Å². The zero-order valence-electron chi connectivity index (χ0n) is 10.9. The summed E-state index contributed by atoms with van der Waals surface area (Å²) in [5, 5.41) is 0. The first kappa shape index (κ1) is 11.2. The van der Waals surface area contributed by atoms with E-state index >= 15 is 0 Å². The fourth-order valence-electron chi connectivity index (χ4n) is 2.38. The number of fused-ring (bicyclic) bond motifs is 1. The summed E-state index contributed by atoms with van der Waals surface area (Å²) < 4.78 is 11.8. The van der Waals surface area contributed by atoms with Gasteiger partial charge < -0.3 is 9.31 Å². The van der Waals surface area contributed by atoms with Gasteiger partial charge in [0, 0.05) is 5.46 Å². The van der Waals surface area contributed by atoms with Crippen LogP contribution in [0, 0.1) is 20.8 Å². The largest absolute Gasteiger partial charge is 0.633 e. The molecule has 0 aliphatic carbocycles. The zero-order valence-corrected chi connectivity index (χ0v) is 10.9. The number of benzene rings is 2. The first-order valence-corrected chi connectivity index (χ1v) is 6.15. The molecule has 3 heteroatoms. The van der Waals surface area contributed by atoms with Crippen molar-refractivity contribution in [2.75, 3.05) is 0 Å². The van der Waals surface area contributed by atoms with Crippen LogP contribution >= 0.6 is 0 Å². The molecule has 0 spiro atoms. The molecular weight excluding hydrogens is 223 g/mol. The van der Waals surface area contributed by atoms with Gasteiger partial charge in [-0.25, -0.2) is 0 Å². The van der Waals surface area contributed by atoms with E-state index < -0.39 is 0 Å². The van der Waals surface area contributed by atoms with Crippen LogP contribution in [0.1, 0.15) is 16.7 Å². The Kier molecular flexibility index (Phi) is 2.55. The summed E-state index contributed by atoms with van der Waals surface area (Å²) in [6, 6.07) is 12.3. The minimum atomic E-state index is -0.317. The minimum absolute atomic E-state index is 0.317. The molecule has 18 heavy (non-hydrogen) atoms. The minimum Gasteiger partial charge on any atom is -0.519 e. The smallest absolute Gasteiger partial charge is 0.519 e. The topological polar surface area (TPSA) is 18.5 Å². The van der Waals surface area contributed by atoms with Crippen LogP contribution in [0.3, 0.4) is 0 Å². The molecule has 0 fully saturated rings. The Morgan fingerprint density at radius 2 is 1.50 bits per heavy atom. The van der Waals surface area contributed by atoms with Gasteiger partial charge in [0.25, 0.3) is 0 Å². The van der Waals surface area contributed by atoms with Gasteiger partial charge in [0.05, 0.1) is 0 Å². The van der Waals surface area contributed by atoms with Crippen molar-refractivity contribution < 1.29 is 9.31 Å². The van der Waals surface area contributed by atoms with E-state index in [0.29, 0.717) is 0 Å². The highest BCUT2D eigenvalue weighted by Crippen LogP contribution is 2.34. The SMILES string of the molecule is Cc1ccc2c(c1)OB(c1c(C)cccc1C)O2. The maximum atomic E-state index is 5.91. The van der Waals surface area contributed by atoms with Gasteiger partial charge in [-0.05, 0) is 49.6 Å². The predicted octanol–water partition coefficient (Wildman–Crippen LogP) is 2.78. The summed E-state index contributed by atoms with van der Waals surface area (Å²) in [6.07, 6.45) is 0. The van der Waals surface area contributed by atoms with E-state index in [9.17, 15) is 0 Å². The third kappa shape index (κ3) is 1.76. The fourth-order valence-corrected chi connectivity index (χ4v) is 2.38. The molecule has 0 unspecified atom stereocenters.